The van der Waals surface area contributed by atoms with Crippen LogP contribution < -0.4 is 10.6 Å². The van der Waals surface area contributed by atoms with E-state index in [1.807, 2.05) is 0 Å². The maximum Gasteiger partial charge on any atom is 0.246 e. The van der Waals surface area contributed by atoms with E-state index in [9.17, 15) is 0 Å². The van der Waals surface area contributed by atoms with Gasteiger partial charge in [0.2, 0.25) is 5.89 Å². The summed E-state index contributed by atoms with van der Waals surface area (Å²) in [4.78, 5) is 8.32. The lowest BCUT2D eigenvalue weighted by atomic mass is 10.1. The molecular formula is C13H26IN5O. The van der Waals surface area contributed by atoms with E-state index >= 15 is 0 Å². The first-order chi connectivity index (χ1) is 9.15. The van der Waals surface area contributed by atoms with Gasteiger partial charge in [0.25, 0.3) is 0 Å². The van der Waals surface area contributed by atoms with Crippen molar-refractivity contribution >= 4 is 29.9 Å². The van der Waals surface area contributed by atoms with Crippen LogP contribution in [0, 0.1) is 6.92 Å². The molecule has 1 unspecified atom stereocenters. The summed E-state index contributed by atoms with van der Waals surface area (Å²) < 4.78 is 5.04. The second-order valence-electron chi connectivity index (χ2n) is 4.70. The fraction of sp³-hybridized carbons (Fsp3) is 0.769. The first-order valence-corrected chi connectivity index (χ1v) is 6.92. The molecule has 0 aliphatic carbocycles. The Bertz CT molecular complexity index is 394. The zero-order chi connectivity index (χ0) is 14.1. The molecule has 7 heteroatoms. The molecule has 0 radical (unpaired) electrons. The van der Waals surface area contributed by atoms with Gasteiger partial charge in [-0.3, -0.25) is 4.99 Å². The Hall–Kier alpha value is -0.860. The van der Waals surface area contributed by atoms with Gasteiger partial charge in [-0.2, -0.15) is 4.98 Å². The van der Waals surface area contributed by atoms with Crippen molar-refractivity contribution in [2.24, 2.45) is 4.99 Å². The Morgan fingerprint density at radius 2 is 2.15 bits per heavy atom. The van der Waals surface area contributed by atoms with Gasteiger partial charge in [-0.1, -0.05) is 31.3 Å². The molecule has 1 rings (SSSR count). The Morgan fingerprint density at radius 1 is 1.40 bits per heavy atom. The maximum absolute atomic E-state index is 5.04. The smallest absolute Gasteiger partial charge is 0.246 e. The first kappa shape index (κ1) is 19.1. The summed E-state index contributed by atoms with van der Waals surface area (Å²) in [5.74, 6) is 1.98. The summed E-state index contributed by atoms with van der Waals surface area (Å²) in [7, 11) is 1.76. The van der Waals surface area contributed by atoms with E-state index in [-0.39, 0.29) is 24.0 Å². The predicted octanol–water partition coefficient (Wildman–Crippen LogP) is 2.63. The highest BCUT2D eigenvalue weighted by molar-refractivity contribution is 14.0. The van der Waals surface area contributed by atoms with Crippen molar-refractivity contribution in [2.75, 3.05) is 7.05 Å². The van der Waals surface area contributed by atoms with Crippen molar-refractivity contribution in [3.8, 4) is 0 Å². The molecule has 20 heavy (non-hydrogen) atoms. The van der Waals surface area contributed by atoms with Crippen LogP contribution in [0.5, 0.6) is 0 Å². The summed E-state index contributed by atoms with van der Waals surface area (Å²) in [6.45, 7) is 6.67. The van der Waals surface area contributed by atoms with E-state index < -0.39 is 0 Å². The van der Waals surface area contributed by atoms with Crippen LogP contribution in [0.15, 0.2) is 9.52 Å². The zero-order valence-corrected chi connectivity index (χ0v) is 15.1. The summed E-state index contributed by atoms with van der Waals surface area (Å²) in [5, 5.41) is 10.3. The largest absolute Gasteiger partial charge is 0.354 e. The van der Waals surface area contributed by atoms with E-state index in [0.717, 1.165) is 12.4 Å². The number of halogens is 1. The van der Waals surface area contributed by atoms with Crippen LogP contribution in [-0.2, 0) is 6.54 Å². The van der Waals surface area contributed by atoms with E-state index in [0.29, 0.717) is 24.3 Å². The average molecular weight is 395 g/mol. The van der Waals surface area contributed by atoms with Gasteiger partial charge in [0, 0.05) is 13.1 Å². The zero-order valence-electron chi connectivity index (χ0n) is 12.8. The van der Waals surface area contributed by atoms with Gasteiger partial charge in [-0.05, 0) is 20.3 Å². The third-order valence-corrected chi connectivity index (χ3v) is 2.82. The minimum absolute atomic E-state index is 0. The van der Waals surface area contributed by atoms with Crippen molar-refractivity contribution in [3.63, 3.8) is 0 Å². The van der Waals surface area contributed by atoms with Crippen LogP contribution in [0.1, 0.15) is 51.2 Å². The molecule has 0 bridgehead atoms. The van der Waals surface area contributed by atoms with Crippen LogP contribution in [0.3, 0.4) is 0 Å². The highest BCUT2D eigenvalue weighted by Gasteiger charge is 2.07. The summed E-state index contributed by atoms with van der Waals surface area (Å²) in [6, 6.07) is 0.405. The van der Waals surface area contributed by atoms with Gasteiger partial charge < -0.3 is 15.2 Å². The molecule has 0 saturated carbocycles. The number of guanidine groups is 1. The highest BCUT2D eigenvalue weighted by atomic mass is 127. The average Bonchev–Trinajstić information content (AvgIpc) is 2.80. The Labute approximate surface area is 138 Å². The quantitative estimate of drug-likeness (QED) is 0.321. The number of rotatable bonds is 7. The molecule has 0 aliphatic heterocycles. The van der Waals surface area contributed by atoms with E-state index in [4.69, 9.17) is 4.52 Å². The maximum atomic E-state index is 5.04. The molecule has 0 aromatic carbocycles. The molecule has 1 heterocycles. The number of nitrogens with one attached hydrogen (secondary N) is 2. The summed E-state index contributed by atoms with van der Waals surface area (Å²) in [6.07, 6.45) is 4.91. The Balaban J connectivity index is 0.00000361. The molecule has 0 amide bonds. The minimum Gasteiger partial charge on any atom is -0.354 e. The molecule has 0 fully saturated rings. The Kier molecular flexibility index (Phi) is 10.4. The number of aliphatic imine (C=N–C) groups is 1. The number of hydrogen-bond donors (Lipinski definition) is 2. The third-order valence-electron chi connectivity index (χ3n) is 2.82. The van der Waals surface area contributed by atoms with E-state index in [1.165, 1.54) is 19.3 Å². The van der Waals surface area contributed by atoms with Gasteiger partial charge in [-0.25, -0.2) is 0 Å². The fourth-order valence-electron chi connectivity index (χ4n) is 1.77. The molecule has 1 aromatic heterocycles. The number of nitrogens with zero attached hydrogens (tertiary/aromatic N) is 3. The molecule has 0 spiro atoms. The van der Waals surface area contributed by atoms with Gasteiger partial charge in [0.15, 0.2) is 11.8 Å². The van der Waals surface area contributed by atoms with Crippen molar-refractivity contribution in [2.45, 2.75) is 59.0 Å². The first-order valence-electron chi connectivity index (χ1n) is 6.92. The number of unbranched alkanes of at least 4 members (excludes halogenated alkanes) is 2. The second kappa shape index (κ2) is 10.9. The summed E-state index contributed by atoms with van der Waals surface area (Å²) >= 11 is 0. The molecular weight excluding hydrogens is 369 g/mol. The minimum atomic E-state index is 0. The standard InChI is InChI=1S/C13H25N5O.HI/c1-5-6-7-8-10(2)16-13(14-4)15-9-12-17-11(3)18-19-12;/h10H,5-9H2,1-4H3,(H2,14,15,16);1H. The van der Waals surface area contributed by atoms with Gasteiger partial charge in [0.1, 0.15) is 0 Å². The second-order valence-corrected chi connectivity index (χ2v) is 4.70. The monoisotopic (exact) mass is 395 g/mol. The van der Waals surface area contributed by atoms with Gasteiger partial charge in [-0.15, -0.1) is 24.0 Å². The van der Waals surface area contributed by atoms with Gasteiger partial charge >= 0.3 is 0 Å². The normalized spacial score (nSPS) is 12.7. The van der Waals surface area contributed by atoms with Crippen molar-refractivity contribution in [3.05, 3.63) is 11.7 Å². The van der Waals surface area contributed by atoms with Crippen molar-refractivity contribution in [1.82, 2.24) is 20.8 Å². The molecule has 6 nitrogen and oxygen atoms in total. The van der Waals surface area contributed by atoms with Crippen LogP contribution in [0.4, 0.5) is 0 Å². The molecule has 2 N–H and O–H groups in total. The number of aryl methyl sites for hydroxylation is 1. The highest BCUT2D eigenvalue weighted by Crippen LogP contribution is 2.02. The lowest BCUT2D eigenvalue weighted by Crippen LogP contribution is -2.41. The van der Waals surface area contributed by atoms with E-state index in [1.54, 1.807) is 14.0 Å². The SMILES string of the molecule is CCCCCC(C)NC(=NC)NCc1nc(C)no1.I. The summed E-state index contributed by atoms with van der Waals surface area (Å²) in [5.41, 5.74) is 0. The molecule has 0 saturated heterocycles. The number of hydrogen-bond acceptors (Lipinski definition) is 4. The lowest BCUT2D eigenvalue weighted by molar-refractivity contribution is 0.371. The molecule has 1 aromatic rings. The fourth-order valence-corrected chi connectivity index (χ4v) is 1.77. The lowest BCUT2D eigenvalue weighted by Gasteiger charge is -2.17. The molecule has 1 atom stereocenters. The van der Waals surface area contributed by atoms with Crippen molar-refractivity contribution < 1.29 is 4.52 Å². The number of aromatic nitrogens is 2. The van der Waals surface area contributed by atoms with Crippen LogP contribution >= 0.6 is 24.0 Å². The van der Waals surface area contributed by atoms with Crippen molar-refractivity contribution in [1.29, 1.82) is 0 Å². The topological polar surface area (TPSA) is 75.3 Å². The Morgan fingerprint density at radius 3 is 2.70 bits per heavy atom. The molecule has 116 valence electrons. The third kappa shape index (κ3) is 7.66. The van der Waals surface area contributed by atoms with Crippen LogP contribution in [0.25, 0.3) is 0 Å². The van der Waals surface area contributed by atoms with E-state index in [2.05, 4.69) is 39.6 Å². The van der Waals surface area contributed by atoms with Crippen LogP contribution in [-0.4, -0.2) is 29.2 Å². The molecule has 0 aliphatic rings. The van der Waals surface area contributed by atoms with Crippen LogP contribution in [0.2, 0.25) is 0 Å². The predicted molar refractivity (Wildman–Crippen MR) is 91.4 cm³/mol. The van der Waals surface area contributed by atoms with Gasteiger partial charge in [0.05, 0.1) is 6.54 Å².